The number of rotatable bonds is 5. The van der Waals surface area contributed by atoms with Crippen molar-refractivity contribution in [1.29, 1.82) is 0 Å². The monoisotopic (exact) mass is 414 g/mol. The van der Waals surface area contributed by atoms with Crippen LogP contribution in [-0.2, 0) is 0 Å². The van der Waals surface area contributed by atoms with E-state index in [1.807, 2.05) is 0 Å². The topological polar surface area (TPSA) is 127 Å². The summed E-state index contributed by atoms with van der Waals surface area (Å²) < 4.78 is 0. The number of carbonyl (C=O) groups excluding carboxylic acids is 2. The highest BCUT2D eigenvalue weighted by Crippen LogP contribution is 2.29. The molecule has 0 aliphatic heterocycles. The van der Waals surface area contributed by atoms with Crippen molar-refractivity contribution in [2.24, 2.45) is 0 Å². The largest absolute Gasteiger partial charge is 0.289 e. The van der Waals surface area contributed by atoms with Crippen LogP contribution in [0.3, 0.4) is 0 Å². The van der Waals surface area contributed by atoms with E-state index in [4.69, 9.17) is 0 Å². The van der Waals surface area contributed by atoms with Gasteiger partial charge in [-0.25, -0.2) is 10.0 Å². The highest BCUT2D eigenvalue weighted by atomic mass is 16.6. The number of carbonyl (C=O) groups is 2. The molecule has 158 valence electrons. The van der Waals surface area contributed by atoms with E-state index in [1.54, 1.807) is 58.0 Å². The maximum Gasteiger partial charge on any atom is 0.289 e. The van der Waals surface area contributed by atoms with Gasteiger partial charge in [-0.1, -0.05) is 18.2 Å². The molecule has 0 fully saturated rings. The first-order valence-electron chi connectivity index (χ1n) is 9.13. The predicted octanol–water partition coefficient (Wildman–Crippen LogP) is 3.82. The Bertz CT molecular complexity index is 985. The predicted molar refractivity (Wildman–Crippen MR) is 109 cm³/mol. The Morgan fingerprint density at radius 2 is 1.53 bits per heavy atom. The van der Waals surface area contributed by atoms with Crippen molar-refractivity contribution in [1.82, 2.24) is 10.0 Å². The van der Waals surface area contributed by atoms with E-state index in [9.17, 15) is 29.8 Å². The summed E-state index contributed by atoms with van der Waals surface area (Å²) in [5, 5.41) is 24.8. The van der Waals surface area contributed by atoms with Gasteiger partial charge in [-0.05, 0) is 45.9 Å². The maximum absolute atomic E-state index is 13.4. The van der Waals surface area contributed by atoms with Crippen molar-refractivity contribution in [3.05, 3.63) is 79.9 Å². The molecule has 0 atom stereocenters. The minimum atomic E-state index is -0.923. The SMILES string of the molecule is CCN(C(=O)c1ccccc1)N(C(=O)c1ccc([N+](=O)[O-])cc1[N+](=O)[O-])C(C)(C)C. The number of nitrogens with zero attached hydrogens (tertiary/aromatic N) is 4. The lowest BCUT2D eigenvalue weighted by Crippen LogP contribution is -2.58. The first-order valence-corrected chi connectivity index (χ1v) is 9.13. The van der Waals surface area contributed by atoms with E-state index in [1.165, 1.54) is 5.01 Å². The summed E-state index contributed by atoms with van der Waals surface area (Å²) in [6, 6.07) is 11.1. The number of nitro benzene ring substituents is 2. The third-order valence-corrected chi connectivity index (χ3v) is 4.24. The smallest absolute Gasteiger partial charge is 0.267 e. The molecule has 0 N–H and O–H groups in total. The van der Waals surface area contributed by atoms with E-state index in [-0.39, 0.29) is 12.1 Å². The Hall–Kier alpha value is -3.82. The van der Waals surface area contributed by atoms with E-state index in [0.29, 0.717) is 5.56 Å². The van der Waals surface area contributed by atoms with Gasteiger partial charge in [0.2, 0.25) is 0 Å². The van der Waals surface area contributed by atoms with Gasteiger partial charge in [0.05, 0.1) is 21.5 Å². The van der Waals surface area contributed by atoms with E-state index >= 15 is 0 Å². The average Bonchev–Trinajstić information content (AvgIpc) is 2.70. The number of hydrazine groups is 1. The molecule has 0 spiro atoms. The molecule has 10 heteroatoms. The van der Waals surface area contributed by atoms with Gasteiger partial charge in [0, 0.05) is 18.2 Å². The number of hydrogen-bond donors (Lipinski definition) is 0. The van der Waals surface area contributed by atoms with Crippen LogP contribution in [-0.4, -0.2) is 43.8 Å². The second kappa shape index (κ2) is 8.68. The highest BCUT2D eigenvalue weighted by Gasteiger charge is 2.38. The normalized spacial score (nSPS) is 10.9. The third kappa shape index (κ3) is 4.59. The Morgan fingerprint density at radius 3 is 2.00 bits per heavy atom. The van der Waals surface area contributed by atoms with Crippen molar-refractivity contribution in [2.75, 3.05) is 6.54 Å². The number of benzene rings is 2. The third-order valence-electron chi connectivity index (χ3n) is 4.24. The molecule has 2 aromatic rings. The second-order valence-corrected chi connectivity index (χ2v) is 7.39. The van der Waals surface area contributed by atoms with Gasteiger partial charge in [0.1, 0.15) is 5.56 Å². The molecule has 0 saturated carbocycles. The van der Waals surface area contributed by atoms with E-state index in [0.717, 1.165) is 23.2 Å². The molecule has 0 unspecified atom stereocenters. The quantitative estimate of drug-likeness (QED) is 0.540. The van der Waals surface area contributed by atoms with Gasteiger partial charge in [0.15, 0.2) is 0 Å². The van der Waals surface area contributed by atoms with Crippen LogP contribution in [0.2, 0.25) is 0 Å². The Morgan fingerprint density at radius 1 is 0.933 bits per heavy atom. The highest BCUT2D eigenvalue weighted by molar-refractivity contribution is 6.01. The Balaban J connectivity index is 2.59. The summed E-state index contributed by atoms with van der Waals surface area (Å²) in [5.41, 5.74) is -2.13. The van der Waals surface area contributed by atoms with Crippen LogP contribution < -0.4 is 0 Å². The van der Waals surface area contributed by atoms with Crippen LogP contribution in [0.1, 0.15) is 48.4 Å². The fourth-order valence-electron chi connectivity index (χ4n) is 2.96. The van der Waals surface area contributed by atoms with Gasteiger partial charge < -0.3 is 0 Å². The van der Waals surface area contributed by atoms with Gasteiger partial charge >= 0.3 is 0 Å². The molecule has 0 bridgehead atoms. The number of non-ortho nitro benzene ring substituents is 1. The average molecular weight is 414 g/mol. The molecule has 0 radical (unpaired) electrons. The summed E-state index contributed by atoms with van der Waals surface area (Å²) in [6.45, 7) is 6.85. The molecule has 2 rings (SSSR count). The molecule has 2 amide bonds. The lowest BCUT2D eigenvalue weighted by Gasteiger charge is -2.43. The molecular weight excluding hydrogens is 392 g/mol. The van der Waals surface area contributed by atoms with Crippen molar-refractivity contribution in [2.45, 2.75) is 33.2 Å². The molecule has 0 aliphatic rings. The summed E-state index contributed by atoms with van der Waals surface area (Å²) in [5.74, 6) is -1.26. The van der Waals surface area contributed by atoms with Gasteiger partial charge in [-0.3, -0.25) is 29.8 Å². The standard InChI is InChI=1S/C20H22N4O6/c1-5-21(18(25)14-9-7-6-8-10-14)22(20(2,3)4)19(26)16-12-11-15(23(27)28)13-17(16)24(29)30/h6-13H,5H2,1-4H3. The minimum absolute atomic E-state index is 0.123. The lowest BCUT2D eigenvalue weighted by molar-refractivity contribution is -0.394. The molecular formula is C20H22N4O6. The minimum Gasteiger partial charge on any atom is -0.267 e. The molecule has 0 saturated heterocycles. The van der Waals surface area contributed by atoms with Crippen LogP contribution >= 0.6 is 0 Å². The van der Waals surface area contributed by atoms with Crippen LogP contribution in [0.25, 0.3) is 0 Å². The van der Waals surface area contributed by atoms with Crippen molar-refractivity contribution < 1.29 is 19.4 Å². The van der Waals surface area contributed by atoms with Crippen LogP contribution in [0.5, 0.6) is 0 Å². The fourth-order valence-corrected chi connectivity index (χ4v) is 2.96. The van der Waals surface area contributed by atoms with Crippen molar-refractivity contribution >= 4 is 23.2 Å². The molecule has 0 aromatic heterocycles. The van der Waals surface area contributed by atoms with Crippen LogP contribution in [0.4, 0.5) is 11.4 Å². The zero-order chi connectivity index (χ0) is 22.6. The van der Waals surface area contributed by atoms with Crippen molar-refractivity contribution in [3.8, 4) is 0 Å². The summed E-state index contributed by atoms with van der Waals surface area (Å²) in [7, 11) is 0. The number of amides is 2. The van der Waals surface area contributed by atoms with E-state index in [2.05, 4.69) is 0 Å². The summed E-state index contributed by atoms with van der Waals surface area (Å²) in [6.07, 6.45) is 0. The van der Waals surface area contributed by atoms with Crippen LogP contribution in [0, 0.1) is 20.2 Å². The first-order chi connectivity index (χ1) is 14.0. The van der Waals surface area contributed by atoms with Gasteiger partial charge in [-0.15, -0.1) is 0 Å². The molecule has 30 heavy (non-hydrogen) atoms. The molecule has 0 aliphatic carbocycles. The number of nitro groups is 2. The first kappa shape index (κ1) is 22.5. The maximum atomic E-state index is 13.4. The van der Waals surface area contributed by atoms with E-state index < -0.39 is 38.6 Å². The van der Waals surface area contributed by atoms with Crippen LogP contribution in [0.15, 0.2) is 48.5 Å². The fraction of sp³-hybridized carbons (Fsp3) is 0.300. The molecule has 10 nitrogen and oxygen atoms in total. The Labute approximate surface area is 173 Å². The lowest BCUT2D eigenvalue weighted by atomic mass is 10.0. The molecule has 2 aromatic carbocycles. The molecule has 0 heterocycles. The zero-order valence-electron chi connectivity index (χ0n) is 17.1. The van der Waals surface area contributed by atoms with Crippen molar-refractivity contribution in [3.63, 3.8) is 0 Å². The van der Waals surface area contributed by atoms with Gasteiger partial charge in [-0.2, -0.15) is 0 Å². The second-order valence-electron chi connectivity index (χ2n) is 7.39. The summed E-state index contributed by atoms with van der Waals surface area (Å²) in [4.78, 5) is 47.3. The summed E-state index contributed by atoms with van der Waals surface area (Å²) >= 11 is 0. The zero-order valence-corrected chi connectivity index (χ0v) is 17.1. The Kier molecular flexibility index (Phi) is 6.50. The number of hydrogen-bond acceptors (Lipinski definition) is 6. The van der Waals surface area contributed by atoms with Gasteiger partial charge in [0.25, 0.3) is 23.2 Å².